The number of methoxy groups -OCH3 is 2. The van der Waals surface area contributed by atoms with Crippen LogP contribution in [0.25, 0.3) is 0 Å². The Labute approximate surface area is 117 Å². The first-order valence-corrected chi connectivity index (χ1v) is 7.33. The fourth-order valence-corrected chi connectivity index (χ4v) is 3.55. The van der Waals surface area contributed by atoms with Crippen LogP contribution in [0.5, 0.6) is 11.5 Å². The predicted octanol–water partition coefficient (Wildman–Crippen LogP) is 1.97. The first kappa shape index (κ1) is 12.5. The van der Waals surface area contributed by atoms with Gasteiger partial charge in [-0.15, -0.1) is 11.3 Å². The predicted molar refractivity (Wildman–Crippen MR) is 76.2 cm³/mol. The molecule has 2 aromatic rings. The average molecular weight is 276 g/mol. The molecule has 4 heteroatoms. The fraction of sp³-hybridized carbons (Fsp3) is 0.333. The Bertz CT molecular complexity index is 566. The zero-order chi connectivity index (χ0) is 13.2. The molecule has 1 aromatic heterocycles. The van der Waals surface area contributed by atoms with E-state index in [1.54, 1.807) is 14.2 Å². The highest BCUT2D eigenvalue weighted by atomic mass is 32.1. The standard InChI is InChI=1S/C15H17NO2S/c1-17-12-8-10-5-6-16-15(14-4-3-7-19-14)11(10)9-13(12)18-2/h3-4,7-9,15-16H,5-6H2,1-2H3/p+1/t15-/m1/s1. The normalized spacial score (nSPS) is 17.9. The van der Waals surface area contributed by atoms with Crippen molar-refractivity contribution in [1.82, 2.24) is 0 Å². The van der Waals surface area contributed by atoms with Gasteiger partial charge in [-0.05, 0) is 29.1 Å². The molecule has 0 bridgehead atoms. The number of benzene rings is 1. The minimum Gasteiger partial charge on any atom is -0.493 e. The van der Waals surface area contributed by atoms with Crippen molar-refractivity contribution in [1.29, 1.82) is 0 Å². The molecule has 0 aliphatic carbocycles. The number of hydrogen-bond donors (Lipinski definition) is 1. The van der Waals surface area contributed by atoms with E-state index in [0.717, 1.165) is 24.5 Å². The third-order valence-electron chi connectivity index (χ3n) is 3.65. The van der Waals surface area contributed by atoms with E-state index < -0.39 is 0 Å². The minimum atomic E-state index is 0.392. The van der Waals surface area contributed by atoms with Gasteiger partial charge in [0.1, 0.15) is 6.04 Å². The van der Waals surface area contributed by atoms with Gasteiger partial charge in [0.15, 0.2) is 11.5 Å². The summed E-state index contributed by atoms with van der Waals surface area (Å²) in [4.78, 5) is 1.40. The fourth-order valence-electron chi connectivity index (χ4n) is 2.71. The second-order valence-electron chi connectivity index (χ2n) is 4.67. The topological polar surface area (TPSA) is 35.1 Å². The van der Waals surface area contributed by atoms with E-state index in [1.165, 1.54) is 16.0 Å². The number of quaternary nitrogens is 1. The zero-order valence-electron chi connectivity index (χ0n) is 11.2. The molecule has 0 amide bonds. The maximum absolute atomic E-state index is 5.43. The van der Waals surface area contributed by atoms with E-state index in [2.05, 4.69) is 35.0 Å². The van der Waals surface area contributed by atoms with Crippen LogP contribution in [-0.4, -0.2) is 20.8 Å². The lowest BCUT2D eigenvalue weighted by molar-refractivity contribution is -0.689. The van der Waals surface area contributed by atoms with E-state index in [-0.39, 0.29) is 0 Å². The third kappa shape index (κ3) is 2.22. The summed E-state index contributed by atoms with van der Waals surface area (Å²) in [6, 6.07) is 8.97. The maximum Gasteiger partial charge on any atom is 0.161 e. The molecule has 0 saturated carbocycles. The number of nitrogens with two attached hydrogens (primary N) is 1. The third-order valence-corrected chi connectivity index (χ3v) is 4.60. The van der Waals surface area contributed by atoms with Crippen molar-refractivity contribution >= 4 is 11.3 Å². The van der Waals surface area contributed by atoms with Gasteiger partial charge in [0.2, 0.25) is 0 Å². The number of thiophene rings is 1. The lowest BCUT2D eigenvalue weighted by Gasteiger charge is -2.24. The molecule has 2 heterocycles. The highest BCUT2D eigenvalue weighted by Crippen LogP contribution is 2.36. The lowest BCUT2D eigenvalue weighted by Crippen LogP contribution is -2.87. The summed E-state index contributed by atoms with van der Waals surface area (Å²) < 4.78 is 10.8. The summed E-state index contributed by atoms with van der Waals surface area (Å²) in [6.45, 7) is 1.12. The summed E-state index contributed by atoms with van der Waals surface area (Å²) in [6.07, 6.45) is 1.08. The molecule has 19 heavy (non-hydrogen) atoms. The van der Waals surface area contributed by atoms with Gasteiger partial charge in [0, 0.05) is 12.0 Å². The van der Waals surface area contributed by atoms with Gasteiger partial charge in [-0.2, -0.15) is 0 Å². The Morgan fingerprint density at radius 3 is 2.68 bits per heavy atom. The van der Waals surface area contributed by atoms with Crippen LogP contribution in [0, 0.1) is 0 Å². The Morgan fingerprint density at radius 2 is 2.00 bits per heavy atom. The minimum absolute atomic E-state index is 0.392. The molecule has 1 aliphatic rings. The molecule has 0 fully saturated rings. The van der Waals surface area contributed by atoms with Gasteiger partial charge in [-0.1, -0.05) is 6.07 Å². The van der Waals surface area contributed by atoms with E-state index in [1.807, 2.05) is 11.3 Å². The van der Waals surface area contributed by atoms with Crippen LogP contribution in [0.4, 0.5) is 0 Å². The lowest BCUT2D eigenvalue weighted by atomic mass is 9.93. The summed E-state index contributed by atoms with van der Waals surface area (Å²) >= 11 is 1.81. The van der Waals surface area contributed by atoms with Crippen molar-refractivity contribution in [3.63, 3.8) is 0 Å². The molecule has 0 unspecified atom stereocenters. The van der Waals surface area contributed by atoms with Gasteiger partial charge in [-0.3, -0.25) is 0 Å². The maximum atomic E-state index is 5.43. The molecule has 1 atom stereocenters. The molecule has 1 aliphatic heterocycles. The van der Waals surface area contributed by atoms with E-state index in [0.29, 0.717) is 6.04 Å². The number of fused-ring (bicyclic) bond motifs is 1. The Kier molecular flexibility index (Phi) is 3.44. The van der Waals surface area contributed by atoms with Crippen molar-refractivity contribution in [2.24, 2.45) is 0 Å². The summed E-state index contributed by atoms with van der Waals surface area (Å²) in [5.41, 5.74) is 2.73. The van der Waals surface area contributed by atoms with Crippen LogP contribution in [-0.2, 0) is 6.42 Å². The first-order chi connectivity index (χ1) is 9.33. The second-order valence-corrected chi connectivity index (χ2v) is 5.65. The molecular formula is C15H18NO2S+. The van der Waals surface area contributed by atoms with Crippen molar-refractivity contribution in [3.05, 3.63) is 45.6 Å². The van der Waals surface area contributed by atoms with E-state index in [9.17, 15) is 0 Å². The zero-order valence-corrected chi connectivity index (χ0v) is 12.0. The highest BCUT2D eigenvalue weighted by Gasteiger charge is 2.27. The molecule has 100 valence electrons. The van der Waals surface area contributed by atoms with E-state index in [4.69, 9.17) is 9.47 Å². The van der Waals surface area contributed by atoms with Crippen LogP contribution < -0.4 is 14.8 Å². The largest absolute Gasteiger partial charge is 0.493 e. The quantitative estimate of drug-likeness (QED) is 0.930. The van der Waals surface area contributed by atoms with Crippen LogP contribution >= 0.6 is 11.3 Å². The second kappa shape index (κ2) is 5.23. The Morgan fingerprint density at radius 1 is 1.21 bits per heavy atom. The van der Waals surface area contributed by atoms with Crippen molar-refractivity contribution in [2.75, 3.05) is 20.8 Å². The molecule has 0 saturated heterocycles. The molecule has 1 aromatic carbocycles. The molecule has 3 rings (SSSR count). The van der Waals surface area contributed by atoms with Crippen LogP contribution in [0.2, 0.25) is 0 Å². The van der Waals surface area contributed by atoms with Gasteiger partial charge in [0.05, 0.1) is 25.6 Å². The van der Waals surface area contributed by atoms with Crippen LogP contribution in [0.1, 0.15) is 22.0 Å². The van der Waals surface area contributed by atoms with E-state index >= 15 is 0 Å². The average Bonchev–Trinajstić information content (AvgIpc) is 2.99. The molecule has 3 nitrogen and oxygen atoms in total. The summed E-state index contributed by atoms with van der Waals surface area (Å²) in [7, 11) is 3.38. The van der Waals surface area contributed by atoms with Crippen LogP contribution in [0.3, 0.4) is 0 Å². The molecule has 0 radical (unpaired) electrons. The van der Waals surface area contributed by atoms with Gasteiger partial charge >= 0.3 is 0 Å². The van der Waals surface area contributed by atoms with Gasteiger partial charge in [0.25, 0.3) is 0 Å². The van der Waals surface area contributed by atoms with Crippen molar-refractivity contribution in [3.8, 4) is 11.5 Å². The van der Waals surface area contributed by atoms with Crippen molar-refractivity contribution in [2.45, 2.75) is 12.5 Å². The molecular weight excluding hydrogens is 258 g/mol. The number of rotatable bonds is 3. The summed E-state index contributed by atoms with van der Waals surface area (Å²) in [5, 5.41) is 4.54. The highest BCUT2D eigenvalue weighted by molar-refractivity contribution is 7.10. The number of ether oxygens (including phenoxy) is 2. The molecule has 0 spiro atoms. The summed E-state index contributed by atoms with van der Waals surface area (Å²) in [5.74, 6) is 1.64. The first-order valence-electron chi connectivity index (χ1n) is 6.45. The van der Waals surface area contributed by atoms with Crippen molar-refractivity contribution < 1.29 is 14.8 Å². The van der Waals surface area contributed by atoms with Gasteiger partial charge in [-0.25, -0.2) is 0 Å². The monoisotopic (exact) mass is 276 g/mol. The number of hydrogen-bond acceptors (Lipinski definition) is 3. The smallest absolute Gasteiger partial charge is 0.161 e. The Hall–Kier alpha value is -1.52. The Balaban J connectivity index is 2.08. The van der Waals surface area contributed by atoms with Crippen LogP contribution in [0.15, 0.2) is 29.6 Å². The van der Waals surface area contributed by atoms with Gasteiger partial charge < -0.3 is 14.8 Å². The SMILES string of the molecule is COc1cc2c(cc1OC)[C@H](c1cccs1)[NH2+]CC2. The molecule has 2 N–H and O–H groups in total.